The van der Waals surface area contributed by atoms with Crippen LogP contribution in [-0.4, -0.2) is 24.5 Å². The van der Waals surface area contributed by atoms with Crippen molar-refractivity contribution in [3.05, 3.63) is 70.8 Å². The second kappa shape index (κ2) is 10.3. The minimum absolute atomic E-state index is 0.127. The summed E-state index contributed by atoms with van der Waals surface area (Å²) in [5, 5.41) is 0. The molecule has 0 heterocycles. The third kappa shape index (κ3) is 6.06. The number of benzene rings is 2. The monoisotopic (exact) mass is 368 g/mol. The lowest BCUT2D eigenvalue weighted by Gasteiger charge is -2.09. The standard InChI is InChI=1S/C22H24O5/c1-3-7-16-10-12-18(13-11-16)21(24)26-15-14-17-8-5-6-9-19(17)22(25)27-20(23)4-2/h5-6,8-13H,3-4,7,14-15H2,1-2H3. The number of hydrogen-bond acceptors (Lipinski definition) is 5. The van der Waals surface area contributed by atoms with Crippen LogP contribution in [0.1, 0.15) is 58.5 Å². The molecule has 0 atom stereocenters. The predicted octanol–water partition coefficient (Wildman–Crippen LogP) is 4.13. The second-order valence-corrected chi connectivity index (χ2v) is 6.11. The fourth-order valence-corrected chi connectivity index (χ4v) is 2.60. The summed E-state index contributed by atoms with van der Waals surface area (Å²) in [6.45, 7) is 3.85. The van der Waals surface area contributed by atoms with Crippen molar-refractivity contribution in [2.45, 2.75) is 39.5 Å². The SMILES string of the molecule is CCCc1ccc(C(=O)OCCc2ccccc2C(=O)OC(=O)CC)cc1. The summed E-state index contributed by atoms with van der Waals surface area (Å²) in [4.78, 5) is 35.6. The van der Waals surface area contributed by atoms with Gasteiger partial charge in [-0.2, -0.15) is 0 Å². The minimum Gasteiger partial charge on any atom is -0.462 e. The molecule has 0 unspecified atom stereocenters. The van der Waals surface area contributed by atoms with Gasteiger partial charge in [0.15, 0.2) is 0 Å². The van der Waals surface area contributed by atoms with Crippen molar-refractivity contribution in [2.75, 3.05) is 6.61 Å². The summed E-state index contributed by atoms with van der Waals surface area (Å²) in [7, 11) is 0. The molecule has 0 spiro atoms. The highest BCUT2D eigenvalue weighted by Crippen LogP contribution is 2.13. The van der Waals surface area contributed by atoms with Gasteiger partial charge >= 0.3 is 17.9 Å². The Balaban J connectivity index is 1.94. The normalized spacial score (nSPS) is 10.3. The first-order valence-corrected chi connectivity index (χ1v) is 9.14. The number of carbonyl (C=O) groups excluding carboxylic acids is 3. The van der Waals surface area contributed by atoms with Crippen molar-refractivity contribution in [1.82, 2.24) is 0 Å². The number of carbonyl (C=O) groups is 3. The van der Waals surface area contributed by atoms with Gasteiger partial charge in [-0.05, 0) is 35.7 Å². The molecule has 142 valence electrons. The number of ether oxygens (including phenoxy) is 2. The molecule has 0 fully saturated rings. The molecule has 2 aromatic carbocycles. The maximum Gasteiger partial charge on any atom is 0.346 e. The topological polar surface area (TPSA) is 69.7 Å². The van der Waals surface area contributed by atoms with Gasteiger partial charge in [0, 0.05) is 12.8 Å². The zero-order chi connectivity index (χ0) is 19.6. The molecule has 27 heavy (non-hydrogen) atoms. The third-order valence-corrected chi connectivity index (χ3v) is 4.07. The smallest absolute Gasteiger partial charge is 0.346 e. The van der Waals surface area contributed by atoms with E-state index in [1.54, 1.807) is 43.3 Å². The van der Waals surface area contributed by atoms with E-state index in [-0.39, 0.29) is 13.0 Å². The van der Waals surface area contributed by atoms with Gasteiger partial charge in [0.2, 0.25) is 0 Å². The van der Waals surface area contributed by atoms with Gasteiger partial charge < -0.3 is 9.47 Å². The maximum atomic E-state index is 12.1. The highest BCUT2D eigenvalue weighted by atomic mass is 16.6. The molecule has 0 aliphatic rings. The molecule has 0 amide bonds. The van der Waals surface area contributed by atoms with Crippen LogP contribution in [-0.2, 0) is 27.1 Å². The Bertz CT molecular complexity index is 793. The van der Waals surface area contributed by atoms with Gasteiger partial charge in [-0.3, -0.25) is 4.79 Å². The van der Waals surface area contributed by atoms with E-state index in [4.69, 9.17) is 9.47 Å². The van der Waals surface area contributed by atoms with E-state index in [0.29, 0.717) is 23.1 Å². The van der Waals surface area contributed by atoms with Crippen molar-refractivity contribution in [3.8, 4) is 0 Å². The predicted molar refractivity (Wildman–Crippen MR) is 102 cm³/mol. The van der Waals surface area contributed by atoms with Crippen molar-refractivity contribution in [3.63, 3.8) is 0 Å². The van der Waals surface area contributed by atoms with Gasteiger partial charge in [0.1, 0.15) is 0 Å². The molecule has 0 bridgehead atoms. The van der Waals surface area contributed by atoms with Gasteiger partial charge in [-0.25, -0.2) is 9.59 Å². The summed E-state index contributed by atoms with van der Waals surface area (Å²) in [6, 6.07) is 14.2. The molecule has 2 aromatic rings. The Kier molecular flexibility index (Phi) is 7.74. The van der Waals surface area contributed by atoms with Crippen LogP contribution in [0.2, 0.25) is 0 Å². The average Bonchev–Trinajstić information content (AvgIpc) is 2.69. The van der Waals surface area contributed by atoms with Crippen molar-refractivity contribution >= 4 is 17.9 Å². The van der Waals surface area contributed by atoms with E-state index in [2.05, 4.69) is 6.92 Å². The Labute approximate surface area is 159 Å². The molecule has 0 saturated heterocycles. The lowest BCUT2D eigenvalue weighted by atomic mass is 10.1. The van der Waals surface area contributed by atoms with Gasteiger partial charge in [-0.15, -0.1) is 0 Å². The Morgan fingerprint density at radius 2 is 1.56 bits per heavy atom. The number of rotatable bonds is 8. The number of aryl methyl sites for hydroxylation is 1. The van der Waals surface area contributed by atoms with Crippen LogP contribution in [0.15, 0.2) is 48.5 Å². The van der Waals surface area contributed by atoms with Gasteiger partial charge in [-0.1, -0.05) is 50.6 Å². The lowest BCUT2D eigenvalue weighted by Crippen LogP contribution is -2.15. The fourth-order valence-electron chi connectivity index (χ4n) is 2.60. The lowest BCUT2D eigenvalue weighted by molar-refractivity contribution is -0.137. The third-order valence-electron chi connectivity index (χ3n) is 4.07. The zero-order valence-electron chi connectivity index (χ0n) is 15.7. The number of hydrogen-bond donors (Lipinski definition) is 0. The number of esters is 3. The molecule has 0 aromatic heterocycles. The minimum atomic E-state index is -0.685. The van der Waals surface area contributed by atoms with E-state index < -0.39 is 17.9 Å². The second-order valence-electron chi connectivity index (χ2n) is 6.11. The Hall–Kier alpha value is -2.95. The summed E-state index contributed by atoms with van der Waals surface area (Å²) >= 11 is 0. The molecule has 0 saturated carbocycles. The van der Waals surface area contributed by atoms with Crippen molar-refractivity contribution in [1.29, 1.82) is 0 Å². The summed E-state index contributed by atoms with van der Waals surface area (Å²) in [5.41, 5.74) is 2.65. The first kappa shape index (κ1) is 20.4. The molecule has 0 aliphatic heterocycles. The Morgan fingerprint density at radius 3 is 2.22 bits per heavy atom. The maximum absolute atomic E-state index is 12.1. The van der Waals surface area contributed by atoms with E-state index in [0.717, 1.165) is 12.8 Å². The van der Waals surface area contributed by atoms with E-state index in [1.807, 2.05) is 12.1 Å². The van der Waals surface area contributed by atoms with Crippen LogP contribution in [0.25, 0.3) is 0 Å². The van der Waals surface area contributed by atoms with Crippen LogP contribution in [0.4, 0.5) is 0 Å². The molecule has 2 rings (SSSR count). The van der Waals surface area contributed by atoms with Crippen LogP contribution in [0, 0.1) is 0 Å². The average molecular weight is 368 g/mol. The summed E-state index contributed by atoms with van der Waals surface area (Å²) in [5.74, 6) is -1.66. The van der Waals surface area contributed by atoms with Gasteiger partial charge in [0.25, 0.3) is 0 Å². The highest BCUT2D eigenvalue weighted by Gasteiger charge is 2.16. The van der Waals surface area contributed by atoms with Crippen LogP contribution >= 0.6 is 0 Å². The quantitative estimate of drug-likeness (QED) is 0.517. The summed E-state index contributed by atoms with van der Waals surface area (Å²) < 4.78 is 10.1. The first-order chi connectivity index (χ1) is 13.0. The molecule has 0 N–H and O–H groups in total. The van der Waals surface area contributed by atoms with E-state index >= 15 is 0 Å². The molecule has 5 heteroatoms. The summed E-state index contributed by atoms with van der Waals surface area (Å²) in [6.07, 6.45) is 2.51. The Morgan fingerprint density at radius 1 is 0.852 bits per heavy atom. The van der Waals surface area contributed by atoms with E-state index in [1.165, 1.54) is 5.56 Å². The van der Waals surface area contributed by atoms with Crippen molar-refractivity contribution in [2.24, 2.45) is 0 Å². The molecular formula is C22H24O5. The van der Waals surface area contributed by atoms with Gasteiger partial charge in [0.05, 0.1) is 17.7 Å². The van der Waals surface area contributed by atoms with Crippen LogP contribution < -0.4 is 0 Å². The van der Waals surface area contributed by atoms with Crippen LogP contribution in [0.5, 0.6) is 0 Å². The van der Waals surface area contributed by atoms with Crippen molar-refractivity contribution < 1.29 is 23.9 Å². The first-order valence-electron chi connectivity index (χ1n) is 9.14. The van der Waals surface area contributed by atoms with E-state index in [9.17, 15) is 14.4 Å². The molecule has 0 aliphatic carbocycles. The van der Waals surface area contributed by atoms with Crippen LogP contribution in [0.3, 0.4) is 0 Å². The fraction of sp³-hybridized carbons (Fsp3) is 0.318. The molecule has 5 nitrogen and oxygen atoms in total. The highest BCUT2D eigenvalue weighted by molar-refractivity contribution is 5.97. The molecular weight excluding hydrogens is 344 g/mol. The largest absolute Gasteiger partial charge is 0.462 e. The zero-order valence-corrected chi connectivity index (χ0v) is 15.7. The molecule has 0 radical (unpaired) electrons.